The smallest absolute Gasteiger partial charge is 0.306 e. The molecule has 1 aromatic carbocycles. The van der Waals surface area contributed by atoms with Gasteiger partial charge in [-0.25, -0.2) is 0 Å². The average Bonchev–Trinajstić information content (AvgIpc) is 3.29. The van der Waals surface area contributed by atoms with Gasteiger partial charge in [0, 0.05) is 13.3 Å². The SMILES string of the molecule is CC[C@@H]1C2C[C@H](OC(C)=O)CCC2(C)[C@H]2CCC3(C)C([C@H](C)CCC(=O)OCc4ccccc4)CC[C@H]3[C@H]2[C@@H]1O. The number of benzene rings is 1. The molecule has 0 saturated heterocycles. The molecule has 0 aromatic heterocycles. The zero-order valence-corrected chi connectivity index (χ0v) is 25.4. The molecule has 5 nitrogen and oxygen atoms in total. The van der Waals surface area contributed by atoms with Crippen molar-refractivity contribution >= 4 is 11.9 Å². The third-order valence-corrected chi connectivity index (χ3v) is 12.5. The van der Waals surface area contributed by atoms with Crippen LogP contribution in [0.5, 0.6) is 0 Å². The molecule has 5 heteroatoms. The second-order valence-electron chi connectivity index (χ2n) is 14.4. The van der Waals surface area contributed by atoms with E-state index in [1.807, 2.05) is 30.3 Å². The van der Waals surface area contributed by atoms with E-state index in [1.165, 1.54) is 32.6 Å². The number of carbonyl (C=O) groups is 2. The zero-order valence-electron chi connectivity index (χ0n) is 25.4. The largest absolute Gasteiger partial charge is 0.463 e. The molecule has 4 aliphatic rings. The number of fused-ring (bicyclic) bond motifs is 5. The Hall–Kier alpha value is -1.88. The lowest BCUT2D eigenvalue weighted by Crippen LogP contribution is -2.62. The molecule has 222 valence electrons. The van der Waals surface area contributed by atoms with Gasteiger partial charge in [0.25, 0.3) is 0 Å². The van der Waals surface area contributed by atoms with Crippen LogP contribution in [-0.2, 0) is 25.7 Å². The first kappa shape index (κ1) is 29.6. The van der Waals surface area contributed by atoms with Crippen LogP contribution < -0.4 is 0 Å². The standard InChI is InChI=1S/C35H52O5/c1-6-26-30-20-25(40-23(3)36)16-18-35(30,5)29-17-19-34(4)27(13-14-28(34)32(29)33(26)38)22(2)12-15-31(37)39-21-24-10-8-7-9-11-24/h7-11,22,25-30,32-33,38H,6,12-21H2,1-5H3/t22-,25-,26-,27?,28+,29+,30?,32-,33-,34?,35?/m1/s1. The highest BCUT2D eigenvalue weighted by Crippen LogP contribution is 2.69. The summed E-state index contributed by atoms with van der Waals surface area (Å²) in [5.41, 5.74) is 1.44. The van der Waals surface area contributed by atoms with Gasteiger partial charge in [-0.05, 0) is 109 Å². The summed E-state index contributed by atoms with van der Waals surface area (Å²) in [6, 6.07) is 9.89. The molecule has 0 amide bonds. The minimum absolute atomic E-state index is 0.00155. The topological polar surface area (TPSA) is 72.8 Å². The van der Waals surface area contributed by atoms with E-state index in [2.05, 4.69) is 27.7 Å². The summed E-state index contributed by atoms with van der Waals surface area (Å²) >= 11 is 0. The van der Waals surface area contributed by atoms with E-state index >= 15 is 0 Å². The summed E-state index contributed by atoms with van der Waals surface area (Å²) in [4.78, 5) is 24.3. The second-order valence-corrected chi connectivity index (χ2v) is 14.4. The van der Waals surface area contributed by atoms with Crippen molar-refractivity contribution in [3.8, 4) is 0 Å². The maximum atomic E-state index is 12.6. The van der Waals surface area contributed by atoms with Crippen LogP contribution in [0.3, 0.4) is 0 Å². The summed E-state index contributed by atoms with van der Waals surface area (Å²) in [6.07, 6.45) is 9.76. The van der Waals surface area contributed by atoms with E-state index in [9.17, 15) is 14.7 Å². The summed E-state index contributed by atoms with van der Waals surface area (Å²) in [5.74, 6) is 2.86. The summed E-state index contributed by atoms with van der Waals surface area (Å²) in [6.45, 7) is 11.5. The van der Waals surface area contributed by atoms with Crippen LogP contribution in [0.15, 0.2) is 30.3 Å². The van der Waals surface area contributed by atoms with Gasteiger partial charge in [-0.1, -0.05) is 64.4 Å². The fraction of sp³-hybridized carbons (Fsp3) is 0.771. The van der Waals surface area contributed by atoms with Gasteiger partial charge in [0.1, 0.15) is 12.7 Å². The van der Waals surface area contributed by atoms with Crippen LogP contribution in [0.1, 0.15) is 104 Å². The van der Waals surface area contributed by atoms with Crippen molar-refractivity contribution in [3.63, 3.8) is 0 Å². The first-order valence-electron chi connectivity index (χ1n) is 16.1. The van der Waals surface area contributed by atoms with Crippen molar-refractivity contribution in [2.75, 3.05) is 0 Å². The molecule has 0 radical (unpaired) electrons. The Morgan fingerprint density at radius 2 is 1.70 bits per heavy atom. The number of rotatable bonds is 8. The fourth-order valence-electron chi connectivity index (χ4n) is 10.6. The maximum Gasteiger partial charge on any atom is 0.306 e. The lowest BCUT2D eigenvalue weighted by atomic mass is 9.41. The Balaban J connectivity index is 1.25. The molecule has 4 unspecified atom stereocenters. The van der Waals surface area contributed by atoms with Gasteiger partial charge in [0.05, 0.1) is 6.10 Å². The molecule has 0 aliphatic heterocycles. The molecule has 4 aliphatic carbocycles. The van der Waals surface area contributed by atoms with Gasteiger partial charge in [0.15, 0.2) is 0 Å². The number of esters is 2. The predicted molar refractivity (Wildman–Crippen MR) is 156 cm³/mol. The molecule has 5 rings (SSSR count). The van der Waals surface area contributed by atoms with Crippen LogP contribution in [0.2, 0.25) is 0 Å². The Morgan fingerprint density at radius 3 is 2.40 bits per heavy atom. The summed E-state index contributed by atoms with van der Waals surface area (Å²) in [5, 5.41) is 12.0. The minimum atomic E-state index is -0.282. The number of hydrogen-bond acceptors (Lipinski definition) is 5. The zero-order chi connectivity index (χ0) is 28.7. The van der Waals surface area contributed by atoms with Gasteiger partial charge >= 0.3 is 11.9 Å². The van der Waals surface area contributed by atoms with E-state index in [1.54, 1.807) is 0 Å². The second kappa shape index (κ2) is 11.8. The van der Waals surface area contributed by atoms with Crippen molar-refractivity contribution in [1.82, 2.24) is 0 Å². The molecule has 0 spiro atoms. The predicted octanol–water partition coefficient (Wildman–Crippen LogP) is 7.34. The lowest BCUT2D eigenvalue weighted by molar-refractivity contribution is -0.207. The van der Waals surface area contributed by atoms with Crippen LogP contribution >= 0.6 is 0 Å². The molecule has 1 aromatic rings. The number of carbonyl (C=O) groups excluding carboxylic acids is 2. The van der Waals surface area contributed by atoms with Crippen molar-refractivity contribution < 1.29 is 24.2 Å². The quantitative estimate of drug-likeness (QED) is 0.342. The van der Waals surface area contributed by atoms with Crippen LogP contribution in [0.25, 0.3) is 0 Å². The van der Waals surface area contributed by atoms with E-state index in [-0.39, 0.29) is 40.9 Å². The molecule has 4 fully saturated rings. The van der Waals surface area contributed by atoms with Crippen LogP contribution in [-0.4, -0.2) is 29.3 Å². The average molecular weight is 553 g/mol. The van der Waals surface area contributed by atoms with Crippen molar-refractivity contribution in [3.05, 3.63) is 35.9 Å². The van der Waals surface area contributed by atoms with Gasteiger partial charge in [-0.2, -0.15) is 0 Å². The van der Waals surface area contributed by atoms with Gasteiger partial charge in [-0.3, -0.25) is 9.59 Å². The number of aliphatic hydroxyl groups is 1. The monoisotopic (exact) mass is 552 g/mol. The molecule has 40 heavy (non-hydrogen) atoms. The third kappa shape index (κ3) is 5.37. The van der Waals surface area contributed by atoms with Gasteiger partial charge in [-0.15, -0.1) is 0 Å². The van der Waals surface area contributed by atoms with E-state index in [0.29, 0.717) is 48.5 Å². The van der Waals surface area contributed by atoms with Crippen molar-refractivity contribution in [1.29, 1.82) is 0 Å². The fourth-order valence-corrected chi connectivity index (χ4v) is 10.6. The summed E-state index contributed by atoms with van der Waals surface area (Å²) in [7, 11) is 0. The van der Waals surface area contributed by atoms with Crippen LogP contribution in [0, 0.1) is 52.3 Å². The highest BCUT2D eigenvalue weighted by molar-refractivity contribution is 5.69. The van der Waals surface area contributed by atoms with Gasteiger partial charge < -0.3 is 14.6 Å². The van der Waals surface area contributed by atoms with Crippen LogP contribution in [0.4, 0.5) is 0 Å². The number of aliphatic hydroxyl groups excluding tert-OH is 1. The molecule has 11 atom stereocenters. The number of ether oxygens (including phenoxy) is 2. The lowest BCUT2D eigenvalue weighted by Gasteiger charge is -2.64. The Kier molecular flexibility index (Phi) is 8.72. The normalized spacial score (nSPS) is 41.2. The Morgan fingerprint density at radius 1 is 1.00 bits per heavy atom. The third-order valence-electron chi connectivity index (χ3n) is 12.5. The van der Waals surface area contributed by atoms with E-state index in [4.69, 9.17) is 9.47 Å². The van der Waals surface area contributed by atoms with Crippen molar-refractivity contribution in [2.45, 2.75) is 118 Å². The Labute approximate surface area is 241 Å². The molecule has 0 heterocycles. The molecule has 4 saturated carbocycles. The molecule has 1 N–H and O–H groups in total. The molecule has 0 bridgehead atoms. The highest BCUT2D eigenvalue weighted by atomic mass is 16.5. The maximum absolute atomic E-state index is 12.6. The summed E-state index contributed by atoms with van der Waals surface area (Å²) < 4.78 is 11.3. The Bertz CT molecular complexity index is 1040. The van der Waals surface area contributed by atoms with E-state index in [0.717, 1.165) is 37.7 Å². The van der Waals surface area contributed by atoms with Gasteiger partial charge in [0.2, 0.25) is 0 Å². The van der Waals surface area contributed by atoms with E-state index < -0.39 is 0 Å². The minimum Gasteiger partial charge on any atom is -0.463 e. The first-order valence-corrected chi connectivity index (χ1v) is 16.1. The molecular formula is C35H52O5. The van der Waals surface area contributed by atoms with Crippen molar-refractivity contribution in [2.24, 2.45) is 52.3 Å². The first-order chi connectivity index (χ1) is 19.1. The molecular weight excluding hydrogens is 500 g/mol. The number of hydrogen-bond donors (Lipinski definition) is 1. The highest BCUT2D eigenvalue weighted by Gasteiger charge is 2.65.